The number of aromatic nitrogens is 1. The molecule has 0 bridgehead atoms. The number of benzene rings is 1. The molecule has 1 N–H and O–H groups in total. The summed E-state index contributed by atoms with van der Waals surface area (Å²) in [5, 5.41) is 8.21. The molecule has 134 valence electrons. The van der Waals surface area contributed by atoms with Gasteiger partial charge in [-0.3, -0.25) is 9.59 Å². The molecule has 0 fully saturated rings. The van der Waals surface area contributed by atoms with Crippen LogP contribution in [0.4, 0.5) is 5.82 Å². The lowest BCUT2D eigenvalue weighted by Crippen LogP contribution is -2.34. The van der Waals surface area contributed by atoms with Crippen LogP contribution in [-0.4, -0.2) is 35.5 Å². The highest BCUT2D eigenvalue weighted by Crippen LogP contribution is 2.29. The van der Waals surface area contributed by atoms with Crippen LogP contribution in [0.25, 0.3) is 11.1 Å². The zero-order valence-corrected chi connectivity index (χ0v) is 15.6. The molecule has 0 aliphatic carbocycles. The zero-order valence-electron chi connectivity index (χ0n) is 14.8. The Morgan fingerprint density at radius 3 is 2.58 bits per heavy atom. The monoisotopic (exact) mass is 369 g/mol. The van der Waals surface area contributed by atoms with Gasteiger partial charge in [0, 0.05) is 18.7 Å². The van der Waals surface area contributed by atoms with Crippen molar-refractivity contribution >= 4 is 29.0 Å². The van der Waals surface area contributed by atoms with Gasteiger partial charge in [0.05, 0.1) is 11.4 Å². The average Bonchev–Trinajstić information content (AvgIpc) is 3.24. The number of nitrogens with zero attached hydrogens (tertiary/aromatic N) is 2. The van der Waals surface area contributed by atoms with E-state index in [1.54, 1.807) is 20.0 Å². The fraction of sp³-hybridized carbons (Fsp3) is 0.211. The zero-order chi connectivity index (χ0) is 18.7. The maximum absolute atomic E-state index is 12.8. The van der Waals surface area contributed by atoms with Crippen molar-refractivity contribution in [1.82, 2.24) is 10.1 Å². The van der Waals surface area contributed by atoms with Gasteiger partial charge in [0.15, 0.2) is 5.82 Å². The molecule has 7 heteroatoms. The molecule has 2 heterocycles. The lowest BCUT2D eigenvalue weighted by molar-refractivity contribution is -0.116. The second-order valence-corrected chi connectivity index (χ2v) is 6.98. The van der Waals surface area contributed by atoms with E-state index in [0.717, 1.165) is 16.7 Å². The number of carbonyl (C=O) groups excluding carboxylic acids is 2. The summed E-state index contributed by atoms with van der Waals surface area (Å²) in [6.45, 7) is 3.68. The van der Waals surface area contributed by atoms with Gasteiger partial charge in [0.2, 0.25) is 5.91 Å². The standard InChI is InChI=1S/C19H19N3O3S/c1-12-4-6-14(7-5-12)15-8-9-26-18(15)19(24)22(3)11-17(23)20-16-10-13(2)25-21-16/h4-10H,11H2,1-3H3,(H,20,21,23). The van der Waals surface area contributed by atoms with Crippen LogP contribution in [-0.2, 0) is 4.79 Å². The maximum atomic E-state index is 12.8. The molecule has 0 radical (unpaired) electrons. The first-order valence-electron chi connectivity index (χ1n) is 8.07. The van der Waals surface area contributed by atoms with E-state index in [2.05, 4.69) is 10.5 Å². The second kappa shape index (κ2) is 7.53. The lowest BCUT2D eigenvalue weighted by atomic mass is 10.0. The summed E-state index contributed by atoms with van der Waals surface area (Å²) in [7, 11) is 1.61. The Kier molecular flexibility index (Phi) is 5.18. The molecular formula is C19H19N3O3S. The Bertz CT molecular complexity index is 928. The van der Waals surface area contributed by atoms with E-state index in [0.29, 0.717) is 16.5 Å². The van der Waals surface area contributed by atoms with Crippen LogP contribution in [0, 0.1) is 13.8 Å². The van der Waals surface area contributed by atoms with Gasteiger partial charge < -0.3 is 14.7 Å². The summed E-state index contributed by atoms with van der Waals surface area (Å²) in [4.78, 5) is 26.9. The smallest absolute Gasteiger partial charge is 0.264 e. The van der Waals surface area contributed by atoms with Crippen LogP contribution in [0.5, 0.6) is 0 Å². The molecule has 26 heavy (non-hydrogen) atoms. The van der Waals surface area contributed by atoms with Crippen LogP contribution < -0.4 is 5.32 Å². The van der Waals surface area contributed by atoms with Gasteiger partial charge in [-0.2, -0.15) is 0 Å². The van der Waals surface area contributed by atoms with E-state index in [1.807, 2.05) is 42.6 Å². The molecule has 0 unspecified atom stereocenters. The molecule has 6 nitrogen and oxygen atoms in total. The van der Waals surface area contributed by atoms with Crippen molar-refractivity contribution in [2.24, 2.45) is 0 Å². The molecule has 0 aliphatic heterocycles. The Hall–Kier alpha value is -2.93. The number of amides is 2. The van der Waals surface area contributed by atoms with Crippen LogP contribution in [0.15, 0.2) is 46.3 Å². The molecule has 0 aliphatic rings. The van der Waals surface area contributed by atoms with Crippen molar-refractivity contribution in [3.8, 4) is 11.1 Å². The first kappa shape index (κ1) is 17.9. The number of thiophene rings is 1. The molecule has 3 rings (SSSR count). The highest BCUT2D eigenvalue weighted by molar-refractivity contribution is 7.12. The van der Waals surface area contributed by atoms with E-state index >= 15 is 0 Å². The fourth-order valence-corrected chi connectivity index (χ4v) is 3.41. The third-order valence-corrected chi connectivity index (χ3v) is 4.75. The van der Waals surface area contributed by atoms with Gasteiger partial charge in [-0.1, -0.05) is 35.0 Å². The minimum Gasteiger partial charge on any atom is -0.360 e. The van der Waals surface area contributed by atoms with Crippen LogP contribution >= 0.6 is 11.3 Å². The van der Waals surface area contributed by atoms with Crippen molar-refractivity contribution < 1.29 is 14.1 Å². The molecule has 0 saturated heterocycles. The van der Waals surface area contributed by atoms with E-state index in [9.17, 15) is 9.59 Å². The van der Waals surface area contributed by atoms with Gasteiger partial charge in [-0.25, -0.2) is 0 Å². The molecule has 2 amide bonds. The third kappa shape index (κ3) is 4.00. The number of rotatable bonds is 5. The Balaban J connectivity index is 1.70. The molecule has 2 aromatic heterocycles. The number of carbonyl (C=O) groups is 2. The number of nitrogens with one attached hydrogen (secondary N) is 1. The van der Waals surface area contributed by atoms with Crippen molar-refractivity contribution in [3.05, 3.63) is 58.0 Å². The minimum absolute atomic E-state index is 0.0734. The van der Waals surface area contributed by atoms with E-state index in [1.165, 1.54) is 16.2 Å². The number of aryl methyl sites for hydroxylation is 2. The SMILES string of the molecule is Cc1ccc(-c2ccsc2C(=O)N(C)CC(=O)Nc2cc(C)on2)cc1. The summed E-state index contributed by atoms with van der Waals surface area (Å²) in [6.07, 6.45) is 0. The molecule has 0 atom stereocenters. The second-order valence-electron chi connectivity index (χ2n) is 6.06. The number of likely N-dealkylation sites (N-methyl/N-ethyl adjacent to an activating group) is 1. The highest BCUT2D eigenvalue weighted by atomic mass is 32.1. The van der Waals surface area contributed by atoms with Gasteiger partial charge in [0.1, 0.15) is 5.76 Å². The lowest BCUT2D eigenvalue weighted by Gasteiger charge is -2.16. The van der Waals surface area contributed by atoms with E-state index in [4.69, 9.17) is 4.52 Å². The normalized spacial score (nSPS) is 10.6. The fourth-order valence-electron chi connectivity index (χ4n) is 2.50. The number of hydrogen-bond acceptors (Lipinski definition) is 5. The molecule has 3 aromatic rings. The average molecular weight is 369 g/mol. The van der Waals surface area contributed by atoms with Crippen LogP contribution in [0.3, 0.4) is 0 Å². The van der Waals surface area contributed by atoms with Crippen molar-refractivity contribution in [2.75, 3.05) is 18.9 Å². The Labute approximate surface area is 155 Å². The quantitative estimate of drug-likeness (QED) is 0.743. The molecule has 0 spiro atoms. The van der Waals surface area contributed by atoms with Crippen LogP contribution in [0.1, 0.15) is 21.0 Å². The summed E-state index contributed by atoms with van der Waals surface area (Å²) >= 11 is 1.37. The van der Waals surface area contributed by atoms with Gasteiger partial charge in [0.25, 0.3) is 5.91 Å². The Morgan fingerprint density at radius 1 is 1.19 bits per heavy atom. The largest absolute Gasteiger partial charge is 0.360 e. The number of hydrogen-bond donors (Lipinski definition) is 1. The number of anilines is 1. The van der Waals surface area contributed by atoms with E-state index in [-0.39, 0.29) is 18.4 Å². The van der Waals surface area contributed by atoms with Gasteiger partial charge >= 0.3 is 0 Å². The molecular weight excluding hydrogens is 350 g/mol. The van der Waals surface area contributed by atoms with E-state index < -0.39 is 0 Å². The summed E-state index contributed by atoms with van der Waals surface area (Å²) in [6, 6.07) is 11.6. The van der Waals surface area contributed by atoms with Gasteiger partial charge in [-0.15, -0.1) is 11.3 Å². The topological polar surface area (TPSA) is 75.4 Å². The first-order chi connectivity index (χ1) is 12.4. The van der Waals surface area contributed by atoms with Gasteiger partial charge in [-0.05, 0) is 30.9 Å². The summed E-state index contributed by atoms with van der Waals surface area (Å²) in [5.41, 5.74) is 3.02. The molecule has 0 saturated carbocycles. The predicted octanol–water partition coefficient (Wildman–Crippen LogP) is 3.73. The highest BCUT2D eigenvalue weighted by Gasteiger charge is 2.20. The Morgan fingerprint density at radius 2 is 1.92 bits per heavy atom. The van der Waals surface area contributed by atoms with Crippen molar-refractivity contribution in [2.45, 2.75) is 13.8 Å². The third-order valence-electron chi connectivity index (χ3n) is 3.84. The first-order valence-corrected chi connectivity index (χ1v) is 8.95. The van der Waals surface area contributed by atoms with Crippen molar-refractivity contribution in [3.63, 3.8) is 0 Å². The summed E-state index contributed by atoms with van der Waals surface area (Å²) < 4.78 is 4.91. The van der Waals surface area contributed by atoms with Crippen molar-refractivity contribution in [1.29, 1.82) is 0 Å². The maximum Gasteiger partial charge on any atom is 0.264 e. The minimum atomic E-state index is -0.331. The predicted molar refractivity (Wildman–Crippen MR) is 101 cm³/mol. The molecule has 1 aromatic carbocycles. The summed E-state index contributed by atoms with van der Waals surface area (Å²) in [5.74, 6) is 0.417. The van der Waals surface area contributed by atoms with Crippen LogP contribution in [0.2, 0.25) is 0 Å².